The van der Waals surface area contributed by atoms with Gasteiger partial charge in [-0.15, -0.1) is 0 Å². The number of hydrogen-bond donors (Lipinski definition) is 1. The lowest BCUT2D eigenvalue weighted by Gasteiger charge is -2.34. The van der Waals surface area contributed by atoms with E-state index in [0.29, 0.717) is 27.9 Å². The molecular weight excluding hydrogens is 534 g/mol. The van der Waals surface area contributed by atoms with Crippen LogP contribution in [0.25, 0.3) is 10.9 Å². The monoisotopic (exact) mass is 559 g/mol. The Balaban J connectivity index is 1.52. The molecule has 41 heavy (non-hydrogen) atoms. The number of carbonyl (C=O) groups excluding carboxylic acids is 3. The Hall–Kier alpha value is -5.39. The molecule has 1 atom stereocenters. The van der Waals surface area contributed by atoms with E-state index >= 15 is 0 Å². The molecule has 1 amide bonds. The molecule has 0 unspecified atom stereocenters. The maximum atomic E-state index is 12.9. The number of non-ortho nitro benzene ring substituents is 1. The van der Waals surface area contributed by atoms with Gasteiger partial charge in [0.25, 0.3) is 5.69 Å². The van der Waals surface area contributed by atoms with Gasteiger partial charge in [-0.3, -0.25) is 15.0 Å². The molecule has 1 aliphatic rings. The number of nitrogens with zero attached hydrogens (tertiary/aromatic N) is 2. The minimum absolute atomic E-state index is 0.0176. The topological polar surface area (TPSA) is 150 Å². The Morgan fingerprint density at radius 3 is 2.39 bits per heavy atom. The van der Waals surface area contributed by atoms with Crippen molar-refractivity contribution < 1.29 is 38.3 Å². The van der Waals surface area contributed by atoms with E-state index in [0.717, 1.165) is 5.56 Å². The summed E-state index contributed by atoms with van der Waals surface area (Å²) in [6, 6.07) is 17.8. The number of fused-ring (bicyclic) bond motifs is 3. The Kier molecular flexibility index (Phi) is 7.55. The third-order valence-electron chi connectivity index (χ3n) is 6.70. The summed E-state index contributed by atoms with van der Waals surface area (Å²) in [5, 5.41) is 11.5. The summed E-state index contributed by atoms with van der Waals surface area (Å²) in [7, 11) is 2.51. The Morgan fingerprint density at radius 2 is 1.73 bits per heavy atom. The fourth-order valence-corrected chi connectivity index (χ4v) is 4.73. The maximum absolute atomic E-state index is 12.9. The third-order valence-corrected chi connectivity index (χ3v) is 6.70. The third kappa shape index (κ3) is 5.53. The zero-order chi connectivity index (χ0) is 29.1. The summed E-state index contributed by atoms with van der Waals surface area (Å²) < 4.78 is 21.8. The molecule has 1 aromatic heterocycles. The molecule has 0 bridgehead atoms. The molecule has 3 aromatic carbocycles. The summed E-state index contributed by atoms with van der Waals surface area (Å²) in [6.45, 7) is 0.214. The molecule has 1 aliphatic heterocycles. The van der Waals surface area contributed by atoms with Gasteiger partial charge in [0, 0.05) is 30.0 Å². The van der Waals surface area contributed by atoms with E-state index in [1.165, 1.54) is 43.4 Å². The van der Waals surface area contributed by atoms with Crippen LogP contribution in [0.5, 0.6) is 5.75 Å². The first-order valence-corrected chi connectivity index (χ1v) is 12.5. The predicted molar refractivity (Wildman–Crippen MR) is 146 cm³/mol. The Bertz CT molecular complexity index is 1630. The normalized spacial score (nSPS) is 14.2. The maximum Gasteiger partial charge on any atom is 0.414 e. The number of aromatic amines is 1. The fraction of sp³-hybridized carbons (Fsp3) is 0.207. The number of ether oxygens (including phenoxy) is 4. The van der Waals surface area contributed by atoms with Crippen molar-refractivity contribution in [1.82, 2.24) is 4.98 Å². The van der Waals surface area contributed by atoms with E-state index in [1.54, 1.807) is 12.1 Å². The molecule has 0 spiro atoms. The van der Waals surface area contributed by atoms with Crippen molar-refractivity contribution in [3.8, 4) is 5.75 Å². The van der Waals surface area contributed by atoms with Gasteiger partial charge in [0.05, 0.1) is 42.5 Å². The first kappa shape index (κ1) is 27.2. The number of nitro groups is 1. The van der Waals surface area contributed by atoms with Crippen LogP contribution in [-0.4, -0.2) is 54.8 Å². The summed E-state index contributed by atoms with van der Waals surface area (Å²) in [5.41, 5.74) is 2.66. The van der Waals surface area contributed by atoms with Crippen LogP contribution in [-0.2, 0) is 27.2 Å². The van der Waals surface area contributed by atoms with Crippen LogP contribution in [0, 0.1) is 10.1 Å². The van der Waals surface area contributed by atoms with Crippen LogP contribution in [0.1, 0.15) is 32.0 Å². The van der Waals surface area contributed by atoms with Crippen molar-refractivity contribution in [2.24, 2.45) is 0 Å². The summed E-state index contributed by atoms with van der Waals surface area (Å²) in [4.78, 5) is 53.0. The van der Waals surface area contributed by atoms with E-state index in [4.69, 9.17) is 18.9 Å². The van der Waals surface area contributed by atoms with Gasteiger partial charge < -0.3 is 23.9 Å². The molecule has 5 rings (SSSR count). The van der Waals surface area contributed by atoms with Gasteiger partial charge in [0.2, 0.25) is 0 Å². The van der Waals surface area contributed by atoms with Crippen molar-refractivity contribution in [3.63, 3.8) is 0 Å². The lowest BCUT2D eigenvalue weighted by atomic mass is 9.95. The number of amides is 1. The van der Waals surface area contributed by atoms with Crippen molar-refractivity contribution in [2.75, 3.05) is 25.7 Å². The SMILES string of the molecule is COC(=O)c1cc2c3c(cc(OCc4ccccc4)c2[nH]1)N(C(=O)OC)C[C@@H](OC(=O)c1ccc([N+](=O)[O-])cc1)C3. The lowest BCUT2D eigenvalue weighted by Crippen LogP contribution is -2.44. The molecule has 4 aromatic rings. The number of anilines is 1. The molecule has 2 heterocycles. The van der Waals surface area contributed by atoms with Gasteiger partial charge in [-0.25, -0.2) is 14.4 Å². The van der Waals surface area contributed by atoms with Crippen LogP contribution >= 0.6 is 0 Å². The van der Waals surface area contributed by atoms with Gasteiger partial charge in [-0.1, -0.05) is 30.3 Å². The number of esters is 2. The second-order valence-corrected chi connectivity index (χ2v) is 9.23. The second-order valence-electron chi connectivity index (χ2n) is 9.23. The summed E-state index contributed by atoms with van der Waals surface area (Å²) in [5.74, 6) is -0.903. The molecule has 0 radical (unpaired) electrons. The molecule has 1 N–H and O–H groups in total. The first-order valence-electron chi connectivity index (χ1n) is 12.5. The molecule has 12 heteroatoms. The minimum atomic E-state index is -0.792. The van der Waals surface area contributed by atoms with E-state index in [-0.39, 0.29) is 36.5 Å². The van der Waals surface area contributed by atoms with E-state index < -0.39 is 29.1 Å². The zero-order valence-electron chi connectivity index (χ0n) is 22.1. The second kappa shape index (κ2) is 11.4. The van der Waals surface area contributed by atoms with Gasteiger partial charge in [0.1, 0.15) is 24.2 Å². The molecule has 0 aliphatic carbocycles. The highest BCUT2D eigenvalue weighted by molar-refractivity contribution is 6.03. The lowest BCUT2D eigenvalue weighted by molar-refractivity contribution is -0.384. The Morgan fingerprint density at radius 1 is 1.00 bits per heavy atom. The highest BCUT2D eigenvalue weighted by atomic mass is 16.6. The van der Waals surface area contributed by atoms with Gasteiger partial charge >= 0.3 is 18.0 Å². The minimum Gasteiger partial charge on any atom is -0.487 e. The molecular formula is C29H25N3O9. The highest BCUT2D eigenvalue weighted by Crippen LogP contribution is 2.41. The van der Waals surface area contributed by atoms with Crippen LogP contribution in [0.4, 0.5) is 16.2 Å². The van der Waals surface area contributed by atoms with Crippen LogP contribution < -0.4 is 9.64 Å². The van der Waals surface area contributed by atoms with Gasteiger partial charge in [-0.2, -0.15) is 0 Å². The standard InChI is InChI=1S/C29H25N3O9/c1-38-28(34)23-13-22-21-12-20(41-27(33)18-8-10-19(11-9-18)32(36)37)15-31(29(35)39-2)24(21)14-25(26(22)30-23)40-16-17-6-4-3-5-7-17/h3-11,13-14,20,30H,12,15-16H2,1-2H3/t20-/m0/s1. The van der Waals surface area contributed by atoms with Crippen molar-refractivity contribution in [3.05, 3.63) is 99.2 Å². The number of H-pyrrole nitrogens is 1. The van der Waals surface area contributed by atoms with E-state index in [9.17, 15) is 24.5 Å². The molecule has 0 fully saturated rings. The largest absolute Gasteiger partial charge is 0.487 e. The Labute approximate surface area is 233 Å². The highest BCUT2D eigenvalue weighted by Gasteiger charge is 2.34. The van der Waals surface area contributed by atoms with Crippen LogP contribution in [0.15, 0.2) is 66.7 Å². The van der Waals surface area contributed by atoms with E-state index in [1.807, 2.05) is 30.3 Å². The van der Waals surface area contributed by atoms with Crippen molar-refractivity contribution >= 4 is 40.3 Å². The fourth-order valence-electron chi connectivity index (χ4n) is 4.73. The summed E-state index contributed by atoms with van der Waals surface area (Å²) >= 11 is 0. The van der Waals surface area contributed by atoms with Gasteiger partial charge in [-0.05, 0) is 29.3 Å². The molecule has 12 nitrogen and oxygen atoms in total. The number of benzene rings is 3. The predicted octanol–water partition coefficient (Wildman–Crippen LogP) is 4.80. The molecule has 0 saturated carbocycles. The number of nitro benzene ring substituents is 1. The van der Waals surface area contributed by atoms with Gasteiger partial charge in [0.15, 0.2) is 0 Å². The number of nitrogens with one attached hydrogen (secondary N) is 1. The number of carbonyl (C=O) groups is 3. The zero-order valence-corrected chi connectivity index (χ0v) is 22.1. The first-order chi connectivity index (χ1) is 19.8. The van der Waals surface area contributed by atoms with Crippen LogP contribution in [0.3, 0.4) is 0 Å². The number of hydrogen-bond acceptors (Lipinski definition) is 9. The van der Waals surface area contributed by atoms with Crippen molar-refractivity contribution in [1.29, 1.82) is 0 Å². The molecule has 210 valence electrons. The number of methoxy groups -OCH3 is 2. The quantitative estimate of drug-likeness (QED) is 0.146. The average Bonchev–Trinajstić information content (AvgIpc) is 3.45. The average molecular weight is 560 g/mol. The van der Waals surface area contributed by atoms with Crippen molar-refractivity contribution in [2.45, 2.75) is 19.1 Å². The molecule has 0 saturated heterocycles. The van der Waals surface area contributed by atoms with Crippen LogP contribution in [0.2, 0.25) is 0 Å². The smallest absolute Gasteiger partial charge is 0.414 e. The van der Waals surface area contributed by atoms with E-state index in [2.05, 4.69) is 4.98 Å². The number of rotatable bonds is 7. The summed E-state index contributed by atoms with van der Waals surface area (Å²) in [6.07, 6.45) is -1.27. The number of aromatic nitrogens is 1.